The van der Waals surface area contributed by atoms with E-state index in [4.69, 9.17) is 11.5 Å². The summed E-state index contributed by atoms with van der Waals surface area (Å²) in [5.74, 6) is -0.512. The highest BCUT2D eigenvalue weighted by Gasteiger charge is 2.59. The largest absolute Gasteiger partial charge is 0.322 e. The van der Waals surface area contributed by atoms with Crippen molar-refractivity contribution in [2.45, 2.75) is 50.1 Å². The number of rotatable bonds is 7. The lowest BCUT2D eigenvalue weighted by molar-refractivity contribution is -0.147. The maximum atomic E-state index is 13.3. The summed E-state index contributed by atoms with van der Waals surface area (Å²) in [5, 5.41) is 3.15. The first-order valence-corrected chi connectivity index (χ1v) is 9.60. The standard InChI is InChI=1S/C16H28N4O3S/c1-3-10(2)13(18)15(23)16(14(22)11-5-4-6-19-11)20(7-8-24-16)12(21)9-17/h10-11,13,19H,3-9,17-18H2,1-2H3. The van der Waals surface area contributed by atoms with Gasteiger partial charge < -0.3 is 21.7 Å². The zero-order valence-corrected chi connectivity index (χ0v) is 15.2. The lowest BCUT2D eigenvalue weighted by Crippen LogP contribution is -2.65. The molecule has 2 aliphatic heterocycles. The number of nitrogens with one attached hydrogen (secondary N) is 1. The van der Waals surface area contributed by atoms with Crippen LogP contribution in [0.1, 0.15) is 33.1 Å². The normalized spacial score (nSPS) is 29.5. The van der Waals surface area contributed by atoms with Gasteiger partial charge in [-0.15, -0.1) is 11.8 Å². The average Bonchev–Trinajstić information content (AvgIpc) is 3.28. The van der Waals surface area contributed by atoms with Gasteiger partial charge in [0.1, 0.15) is 0 Å². The van der Waals surface area contributed by atoms with Gasteiger partial charge in [-0.1, -0.05) is 20.3 Å². The Labute approximate surface area is 147 Å². The molecule has 2 saturated heterocycles. The summed E-state index contributed by atoms with van der Waals surface area (Å²) in [4.78, 5) is 38.7. The number of nitrogens with two attached hydrogens (primary N) is 2. The summed E-state index contributed by atoms with van der Waals surface area (Å²) in [6.07, 6.45) is 2.29. The van der Waals surface area contributed by atoms with Crippen LogP contribution in [0.2, 0.25) is 0 Å². The van der Waals surface area contributed by atoms with Crippen LogP contribution in [0.25, 0.3) is 0 Å². The average molecular weight is 356 g/mol. The molecule has 0 radical (unpaired) electrons. The summed E-state index contributed by atoms with van der Waals surface area (Å²) in [7, 11) is 0. The van der Waals surface area contributed by atoms with Crippen LogP contribution in [0, 0.1) is 5.92 Å². The van der Waals surface area contributed by atoms with Crippen molar-refractivity contribution in [3.63, 3.8) is 0 Å². The van der Waals surface area contributed by atoms with Crippen molar-refractivity contribution in [1.82, 2.24) is 10.2 Å². The number of thioether (sulfide) groups is 1. The van der Waals surface area contributed by atoms with Crippen molar-refractivity contribution in [2.24, 2.45) is 17.4 Å². The molecule has 0 saturated carbocycles. The van der Waals surface area contributed by atoms with E-state index in [1.54, 1.807) is 0 Å². The minimum atomic E-state index is -1.53. The highest BCUT2D eigenvalue weighted by atomic mass is 32.2. The summed E-state index contributed by atoms with van der Waals surface area (Å²) in [6, 6.07) is -1.18. The summed E-state index contributed by atoms with van der Waals surface area (Å²) in [6.45, 7) is 4.71. The van der Waals surface area contributed by atoms with Gasteiger partial charge in [-0.3, -0.25) is 14.4 Å². The van der Waals surface area contributed by atoms with Gasteiger partial charge >= 0.3 is 0 Å². The molecule has 0 bridgehead atoms. The molecule has 0 aromatic rings. The monoisotopic (exact) mass is 356 g/mol. The molecule has 136 valence electrons. The third kappa shape index (κ3) is 3.24. The lowest BCUT2D eigenvalue weighted by atomic mass is 9.87. The first-order valence-electron chi connectivity index (χ1n) is 8.62. The van der Waals surface area contributed by atoms with Crippen LogP contribution < -0.4 is 16.8 Å². The predicted molar refractivity (Wildman–Crippen MR) is 94.4 cm³/mol. The predicted octanol–water partition coefficient (Wildman–Crippen LogP) is -0.520. The summed E-state index contributed by atoms with van der Waals surface area (Å²) < 4.78 is 0. The highest BCUT2D eigenvalue weighted by Crippen LogP contribution is 2.41. The minimum absolute atomic E-state index is 0.0604. The van der Waals surface area contributed by atoms with Crippen LogP contribution in [0.3, 0.4) is 0 Å². The number of carbonyl (C=O) groups is 3. The van der Waals surface area contributed by atoms with Crippen molar-refractivity contribution in [3.05, 3.63) is 0 Å². The van der Waals surface area contributed by atoms with Crippen molar-refractivity contribution < 1.29 is 14.4 Å². The van der Waals surface area contributed by atoms with Gasteiger partial charge in [-0.25, -0.2) is 0 Å². The quantitative estimate of drug-likeness (QED) is 0.525. The van der Waals surface area contributed by atoms with E-state index in [1.807, 2.05) is 13.8 Å². The Morgan fingerprint density at radius 2 is 2.12 bits per heavy atom. The molecular formula is C16H28N4O3S. The molecule has 2 aliphatic rings. The second-order valence-corrected chi connectivity index (χ2v) is 7.82. The Bertz CT molecular complexity index is 510. The third-order valence-corrected chi connectivity index (χ3v) is 6.51. The molecule has 0 aromatic carbocycles. The van der Waals surface area contributed by atoms with Crippen LogP contribution in [-0.2, 0) is 14.4 Å². The molecule has 2 heterocycles. The molecule has 0 aliphatic carbocycles. The zero-order valence-electron chi connectivity index (χ0n) is 14.4. The number of hydrogen-bond acceptors (Lipinski definition) is 7. The van der Waals surface area contributed by atoms with Gasteiger partial charge in [0.15, 0.2) is 11.6 Å². The molecule has 24 heavy (non-hydrogen) atoms. The van der Waals surface area contributed by atoms with E-state index in [1.165, 1.54) is 16.7 Å². The number of amides is 1. The molecule has 5 N–H and O–H groups in total. The number of nitrogens with zero attached hydrogens (tertiary/aromatic N) is 1. The van der Waals surface area contributed by atoms with Crippen LogP contribution >= 0.6 is 11.8 Å². The smallest absolute Gasteiger partial charge is 0.238 e. The maximum Gasteiger partial charge on any atom is 0.238 e. The van der Waals surface area contributed by atoms with Gasteiger partial charge in [0.05, 0.1) is 18.6 Å². The maximum absolute atomic E-state index is 13.3. The van der Waals surface area contributed by atoms with E-state index in [0.717, 1.165) is 19.4 Å². The Hall–Kier alpha value is -0.960. The van der Waals surface area contributed by atoms with Crippen LogP contribution in [0.5, 0.6) is 0 Å². The van der Waals surface area contributed by atoms with Crippen molar-refractivity contribution in [2.75, 3.05) is 25.4 Å². The van der Waals surface area contributed by atoms with Gasteiger partial charge in [-0.05, 0) is 25.3 Å². The van der Waals surface area contributed by atoms with E-state index in [9.17, 15) is 14.4 Å². The van der Waals surface area contributed by atoms with Gasteiger partial charge in [0.2, 0.25) is 10.8 Å². The van der Waals surface area contributed by atoms with Gasteiger partial charge in [0.25, 0.3) is 0 Å². The Balaban J connectivity index is 2.42. The Morgan fingerprint density at radius 1 is 1.42 bits per heavy atom. The van der Waals surface area contributed by atoms with E-state index < -0.39 is 17.0 Å². The Morgan fingerprint density at radius 3 is 2.67 bits per heavy atom. The molecule has 7 nitrogen and oxygen atoms in total. The second-order valence-electron chi connectivity index (χ2n) is 6.53. The van der Waals surface area contributed by atoms with Crippen LogP contribution in [0.15, 0.2) is 0 Å². The number of Topliss-reactive ketones (excluding diaryl/α,β-unsaturated/α-hetero) is 2. The molecular weight excluding hydrogens is 328 g/mol. The van der Waals surface area contributed by atoms with Gasteiger partial charge in [-0.2, -0.15) is 0 Å². The summed E-state index contributed by atoms with van der Waals surface area (Å²) >= 11 is 1.23. The minimum Gasteiger partial charge on any atom is -0.322 e. The van der Waals surface area contributed by atoms with Crippen LogP contribution in [0.4, 0.5) is 0 Å². The van der Waals surface area contributed by atoms with Crippen molar-refractivity contribution in [1.29, 1.82) is 0 Å². The molecule has 4 unspecified atom stereocenters. The lowest BCUT2D eigenvalue weighted by Gasteiger charge is -2.38. The molecule has 2 rings (SSSR count). The van der Waals surface area contributed by atoms with Gasteiger partial charge in [0, 0.05) is 12.3 Å². The number of ketones is 2. The molecule has 0 aromatic heterocycles. The Kier molecular flexibility index (Phi) is 6.41. The van der Waals surface area contributed by atoms with E-state index in [2.05, 4.69) is 5.32 Å². The molecule has 1 amide bonds. The zero-order chi connectivity index (χ0) is 17.9. The third-order valence-electron chi connectivity index (χ3n) is 5.09. The fourth-order valence-corrected chi connectivity index (χ4v) is 4.82. The van der Waals surface area contributed by atoms with Crippen LogP contribution in [-0.4, -0.2) is 64.7 Å². The fraction of sp³-hybridized carbons (Fsp3) is 0.812. The molecule has 8 heteroatoms. The first-order chi connectivity index (χ1) is 11.4. The number of carbonyl (C=O) groups excluding carboxylic acids is 3. The SMILES string of the molecule is CCC(C)C(N)C(=O)C1(C(=O)C2CCCN2)SCCN1C(=O)CN. The van der Waals surface area contributed by atoms with Crippen molar-refractivity contribution in [3.8, 4) is 0 Å². The van der Waals surface area contributed by atoms with E-state index in [0.29, 0.717) is 18.7 Å². The van der Waals surface area contributed by atoms with Crippen molar-refractivity contribution >= 4 is 29.2 Å². The second kappa shape index (κ2) is 7.95. The fourth-order valence-electron chi connectivity index (χ4n) is 3.34. The van der Waals surface area contributed by atoms with E-state index in [-0.39, 0.29) is 29.9 Å². The highest BCUT2D eigenvalue weighted by molar-refractivity contribution is 8.02. The van der Waals surface area contributed by atoms with E-state index >= 15 is 0 Å². The molecule has 2 fully saturated rings. The first kappa shape index (κ1) is 19.4. The molecule has 4 atom stereocenters. The molecule has 0 spiro atoms. The topological polar surface area (TPSA) is 119 Å². The number of hydrogen-bond donors (Lipinski definition) is 3. The summed E-state index contributed by atoms with van der Waals surface area (Å²) in [5.41, 5.74) is 11.7.